The lowest BCUT2D eigenvalue weighted by molar-refractivity contribution is -0.119. The summed E-state index contributed by atoms with van der Waals surface area (Å²) in [4.78, 5) is 16.4. The minimum absolute atomic E-state index is 0.160. The molecule has 38 heavy (non-hydrogen) atoms. The predicted molar refractivity (Wildman–Crippen MR) is 144 cm³/mol. The Bertz CT molecular complexity index is 1300. The predicted octanol–water partition coefficient (Wildman–Crippen LogP) is 3.46. The highest BCUT2D eigenvalue weighted by Gasteiger charge is 2.33. The molecule has 8 nitrogen and oxygen atoms in total. The van der Waals surface area contributed by atoms with Crippen LogP contribution in [0.2, 0.25) is 0 Å². The fourth-order valence-corrected chi connectivity index (χ4v) is 6.69. The molecule has 0 radical (unpaired) electrons. The molecule has 0 saturated carbocycles. The monoisotopic (exact) mass is 542 g/mol. The minimum atomic E-state index is -3.55. The number of carbonyl (C=O) groups excluding carboxylic acids is 1. The van der Waals surface area contributed by atoms with Crippen LogP contribution in [0.5, 0.6) is 5.75 Å². The van der Waals surface area contributed by atoms with Crippen molar-refractivity contribution in [2.75, 3.05) is 19.6 Å². The van der Waals surface area contributed by atoms with Crippen molar-refractivity contribution in [1.82, 2.24) is 19.9 Å². The van der Waals surface area contributed by atoms with Crippen molar-refractivity contribution >= 4 is 15.9 Å². The van der Waals surface area contributed by atoms with Gasteiger partial charge in [0, 0.05) is 57.1 Å². The van der Waals surface area contributed by atoms with E-state index in [1.165, 1.54) is 23.4 Å². The van der Waals surface area contributed by atoms with Gasteiger partial charge in [-0.1, -0.05) is 11.6 Å². The molecule has 2 atom stereocenters. The van der Waals surface area contributed by atoms with Gasteiger partial charge in [0.25, 0.3) is 0 Å². The maximum atomic E-state index is 14.4. The average molecular weight is 543 g/mol. The summed E-state index contributed by atoms with van der Waals surface area (Å²) in [5, 5.41) is 6.35. The quantitative estimate of drug-likeness (QED) is 0.477. The number of ether oxygens (including phenoxy) is 1. The number of allylic oxidation sites excluding steroid dienone is 4. The third-order valence-corrected chi connectivity index (χ3v) is 8.68. The second kappa shape index (κ2) is 12.6. The van der Waals surface area contributed by atoms with Crippen LogP contribution in [0, 0.1) is 5.82 Å². The highest BCUT2D eigenvalue weighted by molar-refractivity contribution is 7.93. The van der Waals surface area contributed by atoms with Gasteiger partial charge in [-0.05, 0) is 74.1 Å². The van der Waals surface area contributed by atoms with Crippen molar-refractivity contribution in [3.8, 4) is 5.75 Å². The van der Waals surface area contributed by atoms with Crippen LogP contribution >= 0.6 is 0 Å². The van der Waals surface area contributed by atoms with Gasteiger partial charge in [-0.2, -0.15) is 4.31 Å². The van der Waals surface area contributed by atoms with Gasteiger partial charge in [0.2, 0.25) is 15.9 Å². The third-order valence-electron chi connectivity index (χ3n) is 6.68. The van der Waals surface area contributed by atoms with Crippen LogP contribution in [0.25, 0.3) is 0 Å². The number of hydrogen-bond donors (Lipinski definition) is 2. The standard InChI is InChI=1S/C28H35FN4O4S/c1-20-4-3-5-28(12-20)38(35,36)33-11-10-31-26(18-33)17-25(32-21(2)34)14-23-13-24(29)16-27(15-23)37-19-22-6-8-30-9-7-22/h4,6-9,12-13,15-16,25-26,31H,3,5,10-11,14,17-19H2,1-2H3,(H,32,34)/t25-,26-/m0/s1. The van der Waals surface area contributed by atoms with Crippen LogP contribution in [0.3, 0.4) is 0 Å². The van der Waals surface area contributed by atoms with Crippen LogP contribution < -0.4 is 15.4 Å². The lowest BCUT2D eigenvalue weighted by Crippen LogP contribution is -2.55. The SMILES string of the molecule is CC(=O)N[C@@H](Cc1cc(F)cc(OCc2ccncc2)c1)C[C@H]1CN(S(=O)(=O)C2=CC(C)=CCC2)CCN1. The Labute approximate surface area is 224 Å². The molecule has 0 unspecified atom stereocenters. The van der Waals surface area contributed by atoms with E-state index < -0.39 is 15.8 Å². The van der Waals surface area contributed by atoms with Crippen LogP contribution in [-0.2, 0) is 27.8 Å². The Morgan fingerprint density at radius 2 is 2.05 bits per heavy atom. The Morgan fingerprint density at radius 3 is 2.79 bits per heavy atom. The molecule has 1 aliphatic heterocycles. The zero-order chi connectivity index (χ0) is 27.1. The number of piperazine rings is 1. The molecule has 1 amide bonds. The number of carbonyl (C=O) groups is 1. The molecule has 4 rings (SSSR count). The molecule has 1 saturated heterocycles. The van der Waals surface area contributed by atoms with Crippen LogP contribution in [0.1, 0.15) is 44.2 Å². The van der Waals surface area contributed by atoms with Gasteiger partial charge in [-0.15, -0.1) is 0 Å². The number of hydrogen-bond acceptors (Lipinski definition) is 6. The van der Waals surface area contributed by atoms with E-state index >= 15 is 0 Å². The number of rotatable bonds is 10. The molecule has 2 heterocycles. The zero-order valence-corrected chi connectivity index (χ0v) is 22.6. The molecule has 1 aromatic heterocycles. The summed E-state index contributed by atoms with van der Waals surface area (Å²) in [6.07, 6.45) is 9.24. The van der Waals surface area contributed by atoms with Gasteiger partial charge in [-0.25, -0.2) is 12.8 Å². The smallest absolute Gasteiger partial charge is 0.239 e. The van der Waals surface area contributed by atoms with E-state index in [4.69, 9.17) is 4.74 Å². The first-order chi connectivity index (χ1) is 18.2. The number of sulfonamides is 1. The maximum Gasteiger partial charge on any atom is 0.239 e. The van der Waals surface area contributed by atoms with Crippen molar-refractivity contribution in [2.24, 2.45) is 0 Å². The molecule has 1 fully saturated rings. The van der Waals surface area contributed by atoms with E-state index in [1.54, 1.807) is 24.5 Å². The van der Waals surface area contributed by atoms with E-state index in [9.17, 15) is 17.6 Å². The van der Waals surface area contributed by atoms with E-state index in [1.807, 2.05) is 25.1 Å². The van der Waals surface area contributed by atoms with Crippen molar-refractivity contribution < 1.29 is 22.3 Å². The molecule has 1 aromatic carbocycles. The average Bonchev–Trinajstić information content (AvgIpc) is 2.87. The van der Waals surface area contributed by atoms with Crippen molar-refractivity contribution in [3.05, 3.63) is 82.3 Å². The van der Waals surface area contributed by atoms with E-state index in [0.29, 0.717) is 55.1 Å². The number of halogens is 1. The Hall–Kier alpha value is -3.08. The number of aromatic nitrogens is 1. The highest BCUT2D eigenvalue weighted by Crippen LogP contribution is 2.26. The Kier molecular flexibility index (Phi) is 9.30. The Morgan fingerprint density at radius 1 is 1.26 bits per heavy atom. The summed E-state index contributed by atoms with van der Waals surface area (Å²) < 4.78 is 48.4. The molecule has 0 spiro atoms. The van der Waals surface area contributed by atoms with Crippen LogP contribution in [0.15, 0.2) is 65.4 Å². The zero-order valence-electron chi connectivity index (χ0n) is 21.8. The fourth-order valence-electron chi connectivity index (χ4n) is 4.94. The maximum absolute atomic E-state index is 14.4. The first-order valence-electron chi connectivity index (χ1n) is 12.9. The van der Waals surface area contributed by atoms with E-state index in [-0.39, 0.29) is 24.6 Å². The molecular formula is C28H35FN4O4S. The summed E-state index contributed by atoms with van der Waals surface area (Å²) in [6, 6.07) is 7.72. The number of benzene rings is 1. The molecule has 2 N–H and O–H groups in total. The van der Waals surface area contributed by atoms with Crippen molar-refractivity contribution in [1.29, 1.82) is 0 Å². The molecule has 1 aliphatic carbocycles. The van der Waals surface area contributed by atoms with Gasteiger partial charge in [-0.3, -0.25) is 9.78 Å². The summed E-state index contributed by atoms with van der Waals surface area (Å²) in [7, 11) is -3.55. The second-order valence-corrected chi connectivity index (χ2v) is 11.9. The highest BCUT2D eigenvalue weighted by atomic mass is 32.2. The number of pyridine rings is 1. The van der Waals surface area contributed by atoms with Gasteiger partial charge in [0.05, 0.1) is 4.91 Å². The molecule has 2 aliphatic rings. The third kappa shape index (κ3) is 7.72. The van der Waals surface area contributed by atoms with Gasteiger partial charge < -0.3 is 15.4 Å². The molecular weight excluding hydrogens is 507 g/mol. The second-order valence-electron chi connectivity index (χ2n) is 9.89. The lowest BCUT2D eigenvalue weighted by Gasteiger charge is -2.35. The van der Waals surface area contributed by atoms with Gasteiger partial charge in [0.1, 0.15) is 18.2 Å². The summed E-state index contributed by atoms with van der Waals surface area (Å²) >= 11 is 0. The molecule has 10 heteroatoms. The summed E-state index contributed by atoms with van der Waals surface area (Å²) in [5.74, 6) is -0.223. The van der Waals surface area contributed by atoms with Gasteiger partial charge >= 0.3 is 0 Å². The minimum Gasteiger partial charge on any atom is -0.489 e. The first-order valence-corrected chi connectivity index (χ1v) is 14.3. The van der Waals surface area contributed by atoms with Crippen LogP contribution in [-0.4, -0.2) is 55.3 Å². The lowest BCUT2D eigenvalue weighted by atomic mass is 9.98. The molecule has 204 valence electrons. The van der Waals surface area contributed by atoms with Crippen molar-refractivity contribution in [3.63, 3.8) is 0 Å². The molecule has 2 aromatic rings. The number of amides is 1. The summed E-state index contributed by atoms with van der Waals surface area (Å²) in [5.41, 5.74) is 2.56. The van der Waals surface area contributed by atoms with Crippen molar-refractivity contribution in [2.45, 2.75) is 58.2 Å². The van der Waals surface area contributed by atoms with E-state index in [0.717, 1.165) is 17.6 Å². The fraction of sp³-hybridized carbons (Fsp3) is 0.429. The Balaban J connectivity index is 1.43. The first kappa shape index (κ1) is 27.9. The number of nitrogens with one attached hydrogen (secondary N) is 2. The topological polar surface area (TPSA) is 101 Å². The molecule has 0 bridgehead atoms. The largest absolute Gasteiger partial charge is 0.489 e. The number of nitrogens with zero attached hydrogens (tertiary/aromatic N) is 2. The van der Waals surface area contributed by atoms with E-state index in [2.05, 4.69) is 15.6 Å². The summed E-state index contributed by atoms with van der Waals surface area (Å²) in [6.45, 7) is 4.86. The van der Waals surface area contributed by atoms with Gasteiger partial charge in [0.15, 0.2) is 0 Å². The van der Waals surface area contributed by atoms with Crippen LogP contribution in [0.4, 0.5) is 4.39 Å². The normalized spacial score (nSPS) is 19.3.